The molecule has 1 aliphatic carbocycles. The molecule has 6 heteroatoms. The Morgan fingerprint density at radius 1 is 1.35 bits per heavy atom. The van der Waals surface area contributed by atoms with Crippen LogP contribution in [0.3, 0.4) is 0 Å². The Kier molecular flexibility index (Phi) is 3.71. The Labute approximate surface area is 118 Å². The van der Waals surface area contributed by atoms with Gasteiger partial charge in [-0.05, 0) is 31.6 Å². The van der Waals surface area contributed by atoms with Crippen molar-refractivity contribution < 1.29 is 9.53 Å². The normalized spacial score (nSPS) is 25.1. The Morgan fingerprint density at radius 3 is 3.05 bits per heavy atom. The third-order valence-electron chi connectivity index (χ3n) is 4.34. The quantitative estimate of drug-likeness (QED) is 0.900. The number of methoxy groups -OCH3 is 1. The van der Waals surface area contributed by atoms with Crippen molar-refractivity contribution in [3.63, 3.8) is 0 Å². The van der Waals surface area contributed by atoms with E-state index >= 15 is 0 Å². The molecule has 0 bridgehead atoms. The minimum absolute atomic E-state index is 0.0534. The first kappa shape index (κ1) is 13.1. The lowest BCUT2D eigenvalue weighted by Crippen LogP contribution is -2.48. The molecule has 1 aromatic rings. The minimum Gasteiger partial charge on any atom is -0.481 e. The Morgan fingerprint density at radius 2 is 2.20 bits per heavy atom. The molecule has 0 unspecified atom stereocenters. The largest absolute Gasteiger partial charge is 0.481 e. The Hall–Kier alpha value is -1.85. The molecule has 3 rings (SSSR count). The molecule has 1 aromatic heterocycles. The number of piperidine rings is 1. The van der Waals surface area contributed by atoms with Gasteiger partial charge in [0.15, 0.2) is 0 Å². The molecule has 1 saturated carbocycles. The zero-order valence-corrected chi connectivity index (χ0v) is 11.7. The van der Waals surface area contributed by atoms with Crippen molar-refractivity contribution in [2.24, 2.45) is 5.92 Å². The van der Waals surface area contributed by atoms with Gasteiger partial charge >= 0.3 is 6.03 Å². The number of likely N-dealkylation sites (tertiary alicyclic amines) is 1. The molecule has 2 fully saturated rings. The molecule has 2 heterocycles. The average Bonchev–Trinajstić information content (AvgIpc) is 2.95. The van der Waals surface area contributed by atoms with Crippen LogP contribution in [0.25, 0.3) is 0 Å². The minimum atomic E-state index is -0.0534. The lowest BCUT2D eigenvalue weighted by molar-refractivity contribution is 0.138. The standard InChI is InChI=1S/C14H20N4O2/c1-20-13-8-12(15-9-16-13)17-14(19)18-7-3-5-10-4-2-6-11(10)18/h8-11H,2-7H2,1H3,(H,15,16,17,19)/t10-,11+/m1/s1. The molecule has 0 spiro atoms. The van der Waals surface area contributed by atoms with E-state index in [1.807, 2.05) is 4.90 Å². The lowest BCUT2D eigenvalue weighted by atomic mass is 9.92. The van der Waals surface area contributed by atoms with Crippen LogP contribution in [0.2, 0.25) is 0 Å². The number of amides is 2. The number of fused-ring (bicyclic) bond motifs is 1. The fourth-order valence-corrected chi connectivity index (χ4v) is 3.41. The molecular weight excluding hydrogens is 256 g/mol. The zero-order valence-electron chi connectivity index (χ0n) is 11.7. The van der Waals surface area contributed by atoms with Crippen LogP contribution in [0.4, 0.5) is 10.6 Å². The van der Waals surface area contributed by atoms with E-state index in [0.29, 0.717) is 23.7 Å². The highest BCUT2D eigenvalue weighted by Gasteiger charge is 2.37. The predicted molar refractivity (Wildman–Crippen MR) is 74.7 cm³/mol. The molecule has 108 valence electrons. The number of anilines is 1. The second-order valence-electron chi connectivity index (χ2n) is 5.47. The smallest absolute Gasteiger partial charge is 0.323 e. The number of urea groups is 1. The van der Waals surface area contributed by atoms with Gasteiger partial charge in [-0.1, -0.05) is 6.42 Å². The molecule has 2 atom stereocenters. The summed E-state index contributed by atoms with van der Waals surface area (Å²) < 4.78 is 5.04. The van der Waals surface area contributed by atoms with Crippen molar-refractivity contribution >= 4 is 11.8 Å². The summed E-state index contributed by atoms with van der Waals surface area (Å²) in [5, 5.41) is 2.85. The molecule has 1 aliphatic heterocycles. The molecule has 6 nitrogen and oxygen atoms in total. The van der Waals surface area contributed by atoms with Gasteiger partial charge in [-0.15, -0.1) is 0 Å². The summed E-state index contributed by atoms with van der Waals surface area (Å²) in [6.45, 7) is 0.842. The van der Waals surface area contributed by atoms with Crippen LogP contribution < -0.4 is 10.1 Å². The predicted octanol–water partition coefficient (Wildman–Crippen LogP) is 2.28. The molecule has 1 saturated heterocycles. The van der Waals surface area contributed by atoms with E-state index in [9.17, 15) is 4.79 Å². The van der Waals surface area contributed by atoms with Gasteiger partial charge in [0.25, 0.3) is 0 Å². The van der Waals surface area contributed by atoms with Crippen LogP contribution >= 0.6 is 0 Å². The van der Waals surface area contributed by atoms with Crippen molar-refractivity contribution in [3.8, 4) is 5.88 Å². The number of carbonyl (C=O) groups excluding carboxylic acids is 1. The van der Waals surface area contributed by atoms with E-state index in [-0.39, 0.29) is 6.03 Å². The number of ether oxygens (including phenoxy) is 1. The Balaban J connectivity index is 1.68. The molecule has 2 amide bonds. The Bertz CT molecular complexity index is 494. The fourth-order valence-electron chi connectivity index (χ4n) is 3.41. The molecule has 0 radical (unpaired) electrons. The van der Waals surface area contributed by atoms with E-state index in [4.69, 9.17) is 4.74 Å². The summed E-state index contributed by atoms with van der Waals surface area (Å²) in [5.41, 5.74) is 0. The van der Waals surface area contributed by atoms with Crippen molar-refractivity contribution in [1.82, 2.24) is 14.9 Å². The van der Waals surface area contributed by atoms with E-state index < -0.39 is 0 Å². The number of carbonyl (C=O) groups is 1. The summed E-state index contributed by atoms with van der Waals surface area (Å²) in [7, 11) is 1.54. The number of nitrogens with zero attached hydrogens (tertiary/aromatic N) is 3. The van der Waals surface area contributed by atoms with Gasteiger partial charge < -0.3 is 9.64 Å². The van der Waals surface area contributed by atoms with Crippen LogP contribution in [0.15, 0.2) is 12.4 Å². The highest BCUT2D eigenvalue weighted by atomic mass is 16.5. The first-order chi connectivity index (χ1) is 9.78. The maximum atomic E-state index is 12.4. The highest BCUT2D eigenvalue weighted by molar-refractivity contribution is 5.88. The monoisotopic (exact) mass is 276 g/mol. The van der Waals surface area contributed by atoms with E-state index in [2.05, 4.69) is 15.3 Å². The second-order valence-corrected chi connectivity index (χ2v) is 5.47. The van der Waals surface area contributed by atoms with Gasteiger partial charge in [0.2, 0.25) is 5.88 Å². The molecule has 20 heavy (non-hydrogen) atoms. The summed E-state index contributed by atoms with van der Waals surface area (Å²) in [6, 6.07) is 1.99. The SMILES string of the molecule is COc1cc(NC(=O)N2CCC[C@H]3CCC[C@@H]32)ncn1. The number of hydrogen-bond acceptors (Lipinski definition) is 4. The summed E-state index contributed by atoms with van der Waals surface area (Å²) >= 11 is 0. The molecule has 2 aliphatic rings. The topological polar surface area (TPSA) is 67.3 Å². The van der Waals surface area contributed by atoms with Gasteiger partial charge in [0, 0.05) is 18.7 Å². The van der Waals surface area contributed by atoms with Gasteiger partial charge in [0.1, 0.15) is 12.1 Å². The van der Waals surface area contributed by atoms with Crippen molar-refractivity contribution in [3.05, 3.63) is 12.4 Å². The maximum absolute atomic E-state index is 12.4. The molecule has 1 N–H and O–H groups in total. The first-order valence-electron chi connectivity index (χ1n) is 7.21. The molecule has 0 aromatic carbocycles. The fraction of sp³-hybridized carbons (Fsp3) is 0.643. The molecular formula is C14H20N4O2. The number of rotatable bonds is 2. The lowest BCUT2D eigenvalue weighted by Gasteiger charge is -2.37. The third-order valence-corrected chi connectivity index (χ3v) is 4.34. The number of nitrogens with one attached hydrogen (secondary N) is 1. The number of hydrogen-bond donors (Lipinski definition) is 1. The van der Waals surface area contributed by atoms with E-state index in [0.717, 1.165) is 19.4 Å². The summed E-state index contributed by atoms with van der Waals surface area (Å²) in [4.78, 5) is 22.4. The van der Waals surface area contributed by atoms with Crippen LogP contribution in [0.1, 0.15) is 32.1 Å². The average molecular weight is 276 g/mol. The summed E-state index contributed by atoms with van der Waals surface area (Å²) in [5.74, 6) is 1.63. The summed E-state index contributed by atoms with van der Waals surface area (Å²) in [6.07, 6.45) is 7.38. The van der Waals surface area contributed by atoms with Crippen molar-refractivity contribution in [2.75, 3.05) is 19.0 Å². The third kappa shape index (κ3) is 2.55. The number of aromatic nitrogens is 2. The van der Waals surface area contributed by atoms with Crippen molar-refractivity contribution in [1.29, 1.82) is 0 Å². The first-order valence-corrected chi connectivity index (χ1v) is 7.21. The van der Waals surface area contributed by atoms with Crippen LogP contribution in [-0.4, -0.2) is 40.6 Å². The van der Waals surface area contributed by atoms with Crippen LogP contribution in [-0.2, 0) is 0 Å². The highest BCUT2D eigenvalue weighted by Crippen LogP contribution is 2.36. The van der Waals surface area contributed by atoms with E-state index in [1.165, 1.54) is 25.6 Å². The van der Waals surface area contributed by atoms with Gasteiger partial charge in [-0.3, -0.25) is 5.32 Å². The van der Waals surface area contributed by atoms with E-state index in [1.54, 1.807) is 13.2 Å². The zero-order chi connectivity index (χ0) is 13.9. The maximum Gasteiger partial charge on any atom is 0.323 e. The van der Waals surface area contributed by atoms with Gasteiger partial charge in [-0.2, -0.15) is 0 Å². The van der Waals surface area contributed by atoms with Gasteiger partial charge in [0.05, 0.1) is 7.11 Å². The van der Waals surface area contributed by atoms with Crippen molar-refractivity contribution in [2.45, 2.75) is 38.1 Å². The van der Waals surface area contributed by atoms with Gasteiger partial charge in [-0.25, -0.2) is 14.8 Å². The second kappa shape index (κ2) is 5.64. The van der Waals surface area contributed by atoms with Crippen LogP contribution in [0, 0.1) is 5.92 Å². The van der Waals surface area contributed by atoms with Crippen LogP contribution in [0.5, 0.6) is 5.88 Å².